The average molecular weight is 215 g/mol. The predicted molar refractivity (Wildman–Crippen MR) is 67.3 cm³/mol. The van der Waals surface area contributed by atoms with Crippen LogP contribution in [-0.4, -0.2) is 13.2 Å². The van der Waals surface area contributed by atoms with Crippen molar-refractivity contribution in [1.82, 2.24) is 0 Å². The summed E-state index contributed by atoms with van der Waals surface area (Å²) in [4.78, 5) is 0. The fourth-order valence-electron chi connectivity index (χ4n) is 1.94. The van der Waals surface area contributed by atoms with Crippen LogP contribution in [0.2, 0.25) is 0 Å². The van der Waals surface area contributed by atoms with Gasteiger partial charge < -0.3 is 10.5 Å². The number of nitrogens with two attached hydrogens (primary N) is 1. The lowest BCUT2D eigenvalue weighted by atomic mass is 9.96. The molecule has 2 rings (SSSR count). The van der Waals surface area contributed by atoms with Crippen molar-refractivity contribution in [3.05, 3.63) is 48.0 Å². The molecule has 84 valence electrons. The highest BCUT2D eigenvalue weighted by Crippen LogP contribution is 2.25. The third kappa shape index (κ3) is 1.94. The Balaban J connectivity index is 2.52. The molecule has 2 heteroatoms. The topological polar surface area (TPSA) is 35.2 Å². The molecule has 2 N–H and O–H groups in total. The van der Waals surface area contributed by atoms with Gasteiger partial charge >= 0.3 is 0 Å². The van der Waals surface area contributed by atoms with Gasteiger partial charge in [0.25, 0.3) is 0 Å². The van der Waals surface area contributed by atoms with Crippen molar-refractivity contribution in [3.63, 3.8) is 0 Å². The van der Waals surface area contributed by atoms with E-state index in [0.717, 1.165) is 5.56 Å². The fourth-order valence-corrected chi connectivity index (χ4v) is 1.94. The fraction of sp³-hybridized carbons (Fsp3) is 0.286. The largest absolute Gasteiger partial charge is 0.380 e. The molecule has 0 amide bonds. The van der Waals surface area contributed by atoms with Gasteiger partial charge in [0.1, 0.15) is 0 Å². The van der Waals surface area contributed by atoms with Gasteiger partial charge in [0.05, 0.1) is 12.1 Å². The van der Waals surface area contributed by atoms with E-state index in [1.54, 1.807) is 7.11 Å². The van der Waals surface area contributed by atoms with Crippen LogP contribution < -0.4 is 5.73 Å². The van der Waals surface area contributed by atoms with Gasteiger partial charge in [0, 0.05) is 7.11 Å². The molecule has 2 aromatic rings. The molecular formula is C14H17NO. The maximum Gasteiger partial charge on any atom is 0.0735 e. The molecule has 2 atom stereocenters. The summed E-state index contributed by atoms with van der Waals surface area (Å²) in [6.45, 7) is 1.99. The highest BCUT2D eigenvalue weighted by atomic mass is 16.5. The van der Waals surface area contributed by atoms with Gasteiger partial charge in [0.2, 0.25) is 0 Å². The van der Waals surface area contributed by atoms with E-state index < -0.39 is 0 Å². The highest BCUT2D eigenvalue weighted by Gasteiger charge is 2.15. The van der Waals surface area contributed by atoms with Crippen molar-refractivity contribution in [2.75, 3.05) is 7.11 Å². The van der Waals surface area contributed by atoms with E-state index in [4.69, 9.17) is 10.5 Å². The summed E-state index contributed by atoms with van der Waals surface area (Å²) in [6, 6.07) is 14.4. The minimum absolute atomic E-state index is 0.0193. The second-order valence-corrected chi connectivity index (χ2v) is 4.03. The summed E-state index contributed by atoms with van der Waals surface area (Å²) < 4.78 is 5.29. The molecule has 0 fully saturated rings. The number of methoxy groups -OCH3 is 1. The lowest BCUT2D eigenvalue weighted by molar-refractivity contribution is 0.0960. The van der Waals surface area contributed by atoms with Crippen molar-refractivity contribution in [2.24, 2.45) is 5.73 Å². The molecule has 0 spiro atoms. The number of fused-ring (bicyclic) bond motifs is 1. The molecule has 2 unspecified atom stereocenters. The first kappa shape index (κ1) is 11.1. The van der Waals surface area contributed by atoms with Crippen LogP contribution in [0.4, 0.5) is 0 Å². The van der Waals surface area contributed by atoms with E-state index in [9.17, 15) is 0 Å². The second kappa shape index (κ2) is 4.64. The van der Waals surface area contributed by atoms with Crippen molar-refractivity contribution >= 4 is 10.8 Å². The maximum atomic E-state index is 6.19. The normalized spacial score (nSPS) is 14.9. The van der Waals surface area contributed by atoms with Crippen LogP contribution in [-0.2, 0) is 4.74 Å². The Hall–Kier alpha value is -1.38. The van der Waals surface area contributed by atoms with Gasteiger partial charge in [-0.3, -0.25) is 0 Å². The Bertz CT molecular complexity index is 476. The third-order valence-corrected chi connectivity index (χ3v) is 3.06. The lowest BCUT2D eigenvalue weighted by Crippen LogP contribution is -2.25. The zero-order valence-electron chi connectivity index (χ0n) is 9.68. The van der Waals surface area contributed by atoms with Gasteiger partial charge in [-0.05, 0) is 23.3 Å². The molecule has 0 saturated carbocycles. The van der Waals surface area contributed by atoms with Crippen molar-refractivity contribution in [2.45, 2.75) is 19.1 Å². The third-order valence-electron chi connectivity index (χ3n) is 3.06. The van der Waals surface area contributed by atoms with E-state index in [1.807, 2.05) is 25.1 Å². The molecule has 16 heavy (non-hydrogen) atoms. The number of benzene rings is 2. The molecule has 0 saturated heterocycles. The van der Waals surface area contributed by atoms with Crippen LogP contribution in [0.1, 0.15) is 18.5 Å². The Morgan fingerprint density at radius 3 is 2.50 bits per heavy atom. The summed E-state index contributed by atoms with van der Waals surface area (Å²) in [6.07, 6.45) is 0.0193. The van der Waals surface area contributed by atoms with Gasteiger partial charge in [-0.2, -0.15) is 0 Å². The number of hydrogen-bond acceptors (Lipinski definition) is 2. The standard InChI is InChI=1S/C14H17NO/c1-10(16-2)14(15)13-9-5-7-11-6-3-4-8-12(11)13/h3-10,14H,15H2,1-2H3. The smallest absolute Gasteiger partial charge is 0.0735 e. The van der Waals surface area contributed by atoms with E-state index in [-0.39, 0.29) is 12.1 Å². The minimum Gasteiger partial charge on any atom is -0.380 e. The molecule has 0 aliphatic rings. The number of rotatable bonds is 3. The molecule has 0 aromatic heterocycles. The van der Waals surface area contributed by atoms with Crippen LogP contribution in [0.5, 0.6) is 0 Å². The van der Waals surface area contributed by atoms with Gasteiger partial charge in [-0.15, -0.1) is 0 Å². The van der Waals surface area contributed by atoms with Crippen LogP contribution in [0, 0.1) is 0 Å². The van der Waals surface area contributed by atoms with Crippen LogP contribution in [0.3, 0.4) is 0 Å². The Morgan fingerprint density at radius 2 is 1.75 bits per heavy atom. The van der Waals surface area contributed by atoms with Crippen LogP contribution >= 0.6 is 0 Å². The molecule has 2 aromatic carbocycles. The zero-order valence-corrected chi connectivity index (χ0v) is 9.68. The average Bonchev–Trinajstić information content (AvgIpc) is 2.36. The van der Waals surface area contributed by atoms with Crippen molar-refractivity contribution in [1.29, 1.82) is 0 Å². The molecular weight excluding hydrogens is 198 g/mol. The van der Waals surface area contributed by atoms with E-state index in [0.29, 0.717) is 0 Å². The number of ether oxygens (including phenoxy) is 1. The maximum absolute atomic E-state index is 6.19. The lowest BCUT2D eigenvalue weighted by Gasteiger charge is -2.20. The van der Waals surface area contributed by atoms with E-state index >= 15 is 0 Å². The molecule has 0 aliphatic carbocycles. The SMILES string of the molecule is COC(C)C(N)c1cccc2ccccc12. The summed E-state index contributed by atoms with van der Waals surface area (Å²) in [7, 11) is 1.69. The monoisotopic (exact) mass is 215 g/mol. The number of hydrogen-bond donors (Lipinski definition) is 1. The predicted octanol–water partition coefficient (Wildman–Crippen LogP) is 2.87. The quantitative estimate of drug-likeness (QED) is 0.854. The minimum atomic E-state index is -0.0869. The molecule has 0 aliphatic heterocycles. The second-order valence-electron chi connectivity index (χ2n) is 4.03. The summed E-state index contributed by atoms with van der Waals surface area (Å²) >= 11 is 0. The van der Waals surface area contributed by atoms with Gasteiger partial charge in [-0.25, -0.2) is 0 Å². The molecule has 0 bridgehead atoms. The van der Waals surface area contributed by atoms with Gasteiger partial charge in [-0.1, -0.05) is 42.5 Å². The highest BCUT2D eigenvalue weighted by molar-refractivity contribution is 5.86. The van der Waals surface area contributed by atoms with Crippen molar-refractivity contribution < 1.29 is 4.74 Å². The van der Waals surface area contributed by atoms with Crippen LogP contribution in [0.15, 0.2) is 42.5 Å². The Labute approximate surface area is 96.0 Å². The molecule has 0 radical (unpaired) electrons. The summed E-state index contributed by atoms with van der Waals surface area (Å²) in [5.41, 5.74) is 7.34. The zero-order chi connectivity index (χ0) is 11.5. The molecule has 2 nitrogen and oxygen atoms in total. The summed E-state index contributed by atoms with van der Waals surface area (Å²) in [5.74, 6) is 0. The van der Waals surface area contributed by atoms with E-state index in [2.05, 4.69) is 24.3 Å². The first-order valence-electron chi connectivity index (χ1n) is 5.50. The first-order valence-corrected chi connectivity index (χ1v) is 5.50. The Morgan fingerprint density at radius 1 is 1.06 bits per heavy atom. The van der Waals surface area contributed by atoms with E-state index in [1.165, 1.54) is 10.8 Å². The van der Waals surface area contributed by atoms with Gasteiger partial charge in [0.15, 0.2) is 0 Å². The molecule has 0 heterocycles. The van der Waals surface area contributed by atoms with Crippen molar-refractivity contribution in [3.8, 4) is 0 Å². The Kier molecular flexibility index (Phi) is 3.22. The first-order chi connectivity index (χ1) is 7.74. The summed E-state index contributed by atoms with van der Waals surface area (Å²) in [5, 5.41) is 2.43. The van der Waals surface area contributed by atoms with Crippen LogP contribution in [0.25, 0.3) is 10.8 Å².